The number of aliphatic hydroxyl groups is 3. The van der Waals surface area contributed by atoms with Crippen LogP contribution in [0.4, 0.5) is 0 Å². The van der Waals surface area contributed by atoms with Crippen molar-refractivity contribution in [1.29, 1.82) is 0 Å². The maximum atomic E-state index is 12.4. The Bertz CT molecular complexity index is 5080. The number of aliphatic hydroxyl groups excluding tert-OH is 3. The quantitative estimate of drug-likeness (QED) is 0.0127. The largest absolute Gasteiger partial charge is 0.756 e. The van der Waals surface area contributed by atoms with Crippen LogP contribution in [-0.2, 0) is 69.4 Å². The number of carbonyl (C=O) groups excluding carboxylic acids is 3. The third-order valence-electron chi connectivity index (χ3n) is 22.5. The van der Waals surface area contributed by atoms with Gasteiger partial charge in [-0.1, -0.05) is 327 Å². The highest BCUT2D eigenvalue weighted by molar-refractivity contribution is 7.46. The van der Waals surface area contributed by atoms with E-state index in [4.69, 9.17) is 36.8 Å². The summed E-state index contributed by atoms with van der Waals surface area (Å²) in [6.07, 6.45) is 78.9. The van der Waals surface area contributed by atoms with Gasteiger partial charge in [0.05, 0.1) is 89.9 Å². The summed E-state index contributed by atoms with van der Waals surface area (Å²) in [5.74, 6) is -1.98. The van der Waals surface area contributed by atoms with Gasteiger partial charge in [-0.25, -0.2) is 14.4 Å². The van der Waals surface area contributed by atoms with Crippen molar-refractivity contribution in [1.82, 2.24) is 0 Å². The first-order chi connectivity index (χ1) is 65.5. The molecule has 0 aliphatic heterocycles. The van der Waals surface area contributed by atoms with E-state index >= 15 is 0 Å². The Morgan fingerprint density at radius 1 is 0.340 bits per heavy atom. The number of hydrogen-bond donors (Lipinski definition) is 3. The van der Waals surface area contributed by atoms with Gasteiger partial charge in [0.1, 0.15) is 71.0 Å². The molecule has 3 aliphatic carbocycles. The zero-order valence-electron chi connectivity index (χ0n) is 90.7. The number of ether oxygens (including phenoxy) is 3. The van der Waals surface area contributed by atoms with Gasteiger partial charge in [0.25, 0.3) is 23.5 Å². The van der Waals surface area contributed by atoms with E-state index in [0.29, 0.717) is 44.2 Å². The summed E-state index contributed by atoms with van der Waals surface area (Å²) in [4.78, 5) is 72.7. The second-order valence-electron chi connectivity index (χ2n) is 41.3. The molecule has 0 fully saturated rings. The Morgan fingerprint density at radius 2 is 0.589 bits per heavy atom. The van der Waals surface area contributed by atoms with Gasteiger partial charge in [-0.3, -0.25) is 13.7 Å². The summed E-state index contributed by atoms with van der Waals surface area (Å²) in [6, 6.07) is 0. The van der Waals surface area contributed by atoms with Crippen LogP contribution in [0.5, 0.6) is 0 Å². The number of esters is 3. The minimum absolute atomic E-state index is 0.0415. The van der Waals surface area contributed by atoms with Crippen LogP contribution in [0.3, 0.4) is 0 Å². The monoisotopic (exact) mass is 2010 g/mol. The van der Waals surface area contributed by atoms with E-state index in [1.807, 2.05) is 175 Å². The summed E-state index contributed by atoms with van der Waals surface area (Å²) in [5, 5.41) is 28.9. The second-order valence-corrected chi connectivity index (χ2v) is 45.5. The van der Waals surface area contributed by atoms with Crippen molar-refractivity contribution in [2.24, 2.45) is 16.2 Å². The number of quaternary nitrogens is 3. The van der Waals surface area contributed by atoms with Crippen LogP contribution in [0, 0.1) is 16.2 Å². The topological polar surface area (TPSA) is 315 Å². The molecule has 6 atom stereocenters. The summed E-state index contributed by atoms with van der Waals surface area (Å²) in [6.45, 7) is 41.8. The molecule has 0 aromatic rings. The van der Waals surface area contributed by atoms with Crippen molar-refractivity contribution in [3.05, 3.63) is 319 Å². The standard InChI is InChI=1S/3C38H58NO7P/c1-30(18-13-19-32(3)23-24-36-33(4)22-15-25-38(36,6)7)16-11-12-17-31(2)20-14-21-34(5)37(41)44-28-35(40)29-46-47(42,43)45-27-26-39(8,9)10;1-30(18-13-19-32(3)23-24-36-33(4)22-15-25-38(36,6)7)16-11-12-17-31(2)20-14-21-34(5)37(41)44-29-35(28-40)46-47(42,43)45-27-26-39(8,9)10;1-30(18-13-19-32(3)23-24-36-33(4)22-15-25-38(36,6)7)16-11-12-17-31(2)20-14-21-34(5)37(41)46-35(28-40)29-45-47(42,43)44-27-26-39(8,9)10/h3*11-14,16-21,23-24,35,40H,15,22,25-29H2,1-10H3/b3*12-11+,18-13+,20-14+,24-23+,30-16+,31-17+,32-19+,34-21+. The van der Waals surface area contributed by atoms with Crippen molar-refractivity contribution < 1.29 is 113 Å². The van der Waals surface area contributed by atoms with E-state index in [-0.39, 0.29) is 41.6 Å². The lowest BCUT2D eigenvalue weighted by Crippen LogP contribution is -2.38. The molecule has 0 aromatic heterocycles. The van der Waals surface area contributed by atoms with E-state index in [2.05, 4.69) is 200 Å². The summed E-state index contributed by atoms with van der Waals surface area (Å²) >= 11 is 0. The molecule has 0 radical (unpaired) electrons. The molecule has 0 saturated heterocycles. The van der Waals surface area contributed by atoms with Gasteiger partial charge >= 0.3 is 17.9 Å². The van der Waals surface area contributed by atoms with Crippen LogP contribution < -0.4 is 14.7 Å². The van der Waals surface area contributed by atoms with Crippen LogP contribution in [-0.4, -0.2) is 208 Å². The van der Waals surface area contributed by atoms with Gasteiger partial charge in [0, 0.05) is 16.7 Å². The third-order valence-corrected chi connectivity index (χ3v) is 25.5. The van der Waals surface area contributed by atoms with Crippen molar-refractivity contribution in [3.8, 4) is 0 Å². The lowest BCUT2D eigenvalue weighted by molar-refractivity contribution is -0.870. The smallest absolute Gasteiger partial charge is 0.334 e. The van der Waals surface area contributed by atoms with Crippen LogP contribution in [0.25, 0.3) is 0 Å². The fourth-order valence-electron chi connectivity index (χ4n) is 13.7. The maximum Gasteiger partial charge on any atom is 0.334 e. The van der Waals surface area contributed by atoms with Crippen LogP contribution in [0.15, 0.2) is 319 Å². The molecule has 6 unspecified atom stereocenters. The predicted octanol–water partition coefficient (Wildman–Crippen LogP) is 22.9. The molecule has 0 spiro atoms. The van der Waals surface area contributed by atoms with Gasteiger partial charge in [-0.15, -0.1) is 0 Å². The van der Waals surface area contributed by atoms with E-state index in [9.17, 15) is 58.1 Å². The maximum absolute atomic E-state index is 12.4. The highest BCUT2D eigenvalue weighted by Gasteiger charge is 2.30. The Balaban J connectivity index is 0.00000106. The van der Waals surface area contributed by atoms with Gasteiger partial charge in [0.15, 0.2) is 0 Å². The number of hydrogen-bond acceptors (Lipinski definition) is 21. The first-order valence-electron chi connectivity index (χ1n) is 48.5. The fraction of sp³-hybridized carbons (Fsp3) is 0.500. The van der Waals surface area contributed by atoms with E-state index in [1.165, 1.54) is 108 Å². The van der Waals surface area contributed by atoms with Gasteiger partial charge in [0.2, 0.25) is 0 Å². The molecule has 27 heteroatoms. The molecule has 786 valence electrons. The molecule has 0 amide bonds. The molecule has 0 heterocycles. The van der Waals surface area contributed by atoms with E-state index < -0.39 is 99.3 Å². The van der Waals surface area contributed by atoms with Gasteiger partial charge in [-0.05, 0) is 195 Å². The normalized spacial score (nSPS) is 19.4. The third kappa shape index (κ3) is 64.1. The highest BCUT2D eigenvalue weighted by atomic mass is 31.2. The molecular weight excluding hydrogens is 1840 g/mol. The fourth-order valence-corrected chi connectivity index (χ4v) is 16.1. The average molecular weight is 2020 g/mol. The molecule has 3 aliphatic rings. The number of phosphoric acid groups is 3. The first-order valence-corrected chi connectivity index (χ1v) is 52.9. The molecule has 0 aromatic carbocycles. The van der Waals surface area contributed by atoms with Crippen molar-refractivity contribution in [2.45, 2.75) is 221 Å². The van der Waals surface area contributed by atoms with Crippen LogP contribution in [0.2, 0.25) is 0 Å². The molecule has 3 N–H and O–H groups in total. The van der Waals surface area contributed by atoms with Gasteiger partial charge in [-0.2, -0.15) is 0 Å². The first kappa shape index (κ1) is 130. The number of nitrogens with zero attached hydrogens (tertiary/aromatic N) is 3. The SMILES string of the molecule is CC1=C(/C=C/C(C)=C/C=C/C(C)=C/C=C/C=C(C)/C=C/C=C(\C)C(=O)OC(CO)COP(=O)([O-])OCC[N+](C)(C)C)C(C)(C)CCC1.CC1=C(/C=C/C(C)=C/C=C/C(C)=C/C=C/C=C(C)/C=C/C=C(\C)C(=O)OCC(CO)OP(=O)([O-])OCC[N+](C)(C)C)C(C)(C)CCC1.CC1=C(/C=C/C(C)=C/C=C/C(C)=C/C=C/C=C(C)/C=C/C=C(\C)C(=O)OCC(O)COP(=O)([O-])OCC[N+](C)(C)C)C(C)(C)CCC1. The lowest BCUT2D eigenvalue weighted by Gasteiger charge is -2.33. The van der Waals surface area contributed by atoms with Crippen molar-refractivity contribution in [3.63, 3.8) is 0 Å². The summed E-state index contributed by atoms with van der Waals surface area (Å²) in [7, 11) is 3.26. The van der Waals surface area contributed by atoms with Crippen molar-refractivity contribution >= 4 is 41.4 Å². The second kappa shape index (κ2) is 66.5. The number of rotatable bonds is 54. The van der Waals surface area contributed by atoms with Crippen molar-refractivity contribution in [2.75, 3.05) is 143 Å². The highest BCUT2D eigenvalue weighted by Crippen LogP contribution is 2.45. The van der Waals surface area contributed by atoms with Crippen LogP contribution >= 0.6 is 23.5 Å². The zero-order chi connectivity index (χ0) is 107. The van der Waals surface area contributed by atoms with E-state index in [1.54, 1.807) is 57.2 Å². The van der Waals surface area contributed by atoms with Crippen LogP contribution in [0.1, 0.15) is 203 Å². The lowest BCUT2D eigenvalue weighted by atomic mass is 9.72. The average Bonchev–Trinajstić information content (AvgIpc) is 0.826. The minimum Gasteiger partial charge on any atom is -0.756 e. The number of carbonyl (C=O) groups is 3. The van der Waals surface area contributed by atoms with E-state index in [0.717, 1.165) is 33.4 Å². The molecule has 0 bridgehead atoms. The Kier molecular flexibility index (Phi) is 61.5. The Labute approximate surface area is 848 Å². The molecule has 24 nitrogen and oxygen atoms in total. The number of likely N-dealkylation sites (N-methyl/N-ethyl adjacent to an activating group) is 3. The minimum atomic E-state index is -4.66. The molecular formula is C114H174N3O21P3. The zero-order valence-corrected chi connectivity index (χ0v) is 93.4. The summed E-state index contributed by atoms with van der Waals surface area (Å²) < 4.78 is 81.5. The van der Waals surface area contributed by atoms with Gasteiger partial charge < -0.3 is 84.8 Å². The number of phosphoric ester groups is 3. The number of allylic oxidation sites excluding steroid dienone is 51. The Hall–Kier alpha value is -8.52. The molecule has 141 heavy (non-hydrogen) atoms. The predicted molar refractivity (Wildman–Crippen MR) is 574 cm³/mol. The summed E-state index contributed by atoms with van der Waals surface area (Å²) in [5.41, 5.74) is 20.5. The molecule has 0 saturated carbocycles. The Morgan fingerprint density at radius 3 is 0.865 bits per heavy atom. The molecule has 3 rings (SSSR count).